The molecule has 0 spiro atoms. The number of nitrogens with zero attached hydrogens (tertiary/aromatic N) is 1. The van der Waals surface area contributed by atoms with E-state index in [-0.39, 0.29) is 31.3 Å². The highest BCUT2D eigenvalue weighted by atomic mass is 19.3. The van der Waals surface area contributed by atoms with E-state index in [1.807, 2.05) is 0 Å². The quantitative estimate of drug-likeness (QED) is 0.814. The van der Waals surface area contributed by atoms with E-state index in [2.05, 4.69) is 0 Å². The Hall–Kier alpha value is -1.24. The maximum absolute atomic E-state index is 13.1. The van der Waals surface area contributed by atoms with E-state index in [0.717, 1.165) is 19.3 Å². The van der Waals surface area contributed by atoms with Crippen LogP contribution in [0, 0.1) is 0 Å². The van der Waals surface area contributed by atoms with Crippen LogP contribution in [0.15, 0.2) is 11.9 Å². The standard InChI is InChI=1S/C17H26F3NO3/c1-16(2,3)24-15(22)21-11-5-4-6-12(21)10-17(23,9-11)8-7-13(18)14(19)20/h11-12,23H,4-10H2,1-3H3. The van der Waals surface area contributed by atoms with Crippen LogP contribution in [0.4, 0.5) is 18.0 Å². The summed E-state index contributed by atoms with van der Waals surface area (Å²) < 4.78 is 42.9. The normalized spacial score (nSPS) is 30.0. The number of allylic oxidation sites excluding steroid dienone is 1. The zero-order valence-corrected chi connectivity index (χ0v) is 14.4. The molecule has 4 nitrogen and oxygen atoms in total. The highest BCUT2D eigenvalue weighted by Crippen LogP contribution is 2.42. The van der Waals surface area contributed by atoms with Crippen molar-refractivity contribution >= 4 is 6.09 Å². The molecule has 0 aromatic rings. The van der Waals surface area contributed by atoms with Crippen molar-refractivity contribution in [1.29, 1.82) is 0 Å². The molecule has 1 amide bonds. The molecule has 2 aliphatic heterocycles. The minimum absolute atomic E-state index is 0.0642. The van der Waals surface area contributed by atoms with Crippen molar-refractivity contribution in [2.75, 3.05) is 0 Å². The Kier molecular flexibility index (Phi) is 5.52. The van der Waals surface area contributed by atoms with Gasteiger partial charge in [0.15, 0.2) is 5.83 Å². The average molecular weight is 349 g/mol. The fraction of sp³-hybridized carbons (Fsp3) is 0.824. The molecule has 2 aliphatic rings. The zero-order chi connectivity index (χ0) is 18.1. The van der Waals surface area contributed by atoms with E-state index < -0.39 is 35.6 Å². The van der Waals surface area contributed by atoms with Crippen molar-refractivity contribution in [2.45, 2.75) is 89.0 Å². The van der Waals surface area contributed by atoms with Crippen molar-refractivity contribution in [3.05, 3.63) is 11.9 Å². The first-order valence-corrected chi connectivity index (χ1v) is 8.44. The van der Waals surface area contributed by atoms with Crippen LogP contribution in [0.25, 0.3) is 0 Å². The van der Waals surface area contributed by atoms with Gasteiger partial charge in [0.05, 0.1) is 5.60 Å². The molecule has 2 atom stereocenters. The van der Waals surface area contributed by atoms with Crippen molar-refractivity contribution in [3.63, 3.8) is 0 Å². The second-order valence-corrected chi connectivity index (χ2v) is 7.92. The van der Waals surface area contributed by atoms with Crippen LogP contribution >= 0.6 is 0 Å². The summed E-state index contributed by atoms with van der Waals surface area (Å²) in [6.07, 6.45) is -0.339. The molecular weight excluding hydrogens is 323 g/mol. The number of aliphatic hydroxyl groups is 1. The van der Waals surface area contributed by atoms with Gasteiger partial charge >= 0.3 is 12.2 Å². The van der Waals surface area contributed by atoms with Crippen molar-refractivity contribution in [1.82, 2.24) is 4.90 Å². The number of carbonyl (C=O) groups is 1. The van der Waals surface area contributed by atoms with Crippen molar-refractivity contribution in [2.24, 2.45) is 0 Å². The predicted octanol–water partition coefficient (Wildman–Crippen LogP) is 4.53. The molecule has 0 radical (unpaired) electrons. The van der Waals surface area contributed by atoms with Crippen LogP contribution < -0.4 is 0 Å². The van der Waals surface area contributed by atoms with Gasteiger partial charge in [-0.15, -0.1) is 0 Å². The minimum atomic E-state index is -2.33. The van der Waals surface area contributed by atoms with Gasteiger partial charge in [0.1, 0.15) is 5.60 Å². The molecule has 2 rings (SSSR count). The van der Waals surface area contributed by atoms with Gasteiger partial charge in [-0.1, -0.05) is 0 Å². The van der Waals surface area contributed by atoms with E-state index in [1.165, 1.54) is 0 Å². The third-order valence-electron chi connectivity index (χ3n) is 4.71. The molecule has 0 aromatic heterocycles. The molecule has 0 aromatic carbocycles. The molecule has 2 bridgehead atoms. The highest BCUT2D eigenvalue weighted by Gasteiger charge is 2.48. The predicted molar refractivity (Wildman–Crippen MR) is 83.3 cm³/mol. The minimum Gasteiger partial charge on any atom is -0.444 e. The Labute approximate surface area is 140 Å². The first kappa shape index (κ1) is 19.1. The molecule has 2 saturated heterocycles. The first-order chi connectivity index (χ1) is 11.0. The second-order valence-electron chi connectivity index (χ2n) is 7.92. The molecular formula is C17H26F3NO3. The van der Waals surface area contributed by atoms with Gasteiger partial charge in [-0.05, 0) is 59.3 Å². The first-order valence-electron chi connectivity index (χ1n) is 8.44. The molecule has 0 saturated carbocycles. The molecule has 0 aliphatic carbocycles. The summed E-state index contributed by atoms with van der Waals surface area (Å²) in [6.45, 7) is 5.38. The Bertz CT molecular complexity index is 498. The molecule has 138 valence electrons. The van der Waals surface area contributed by atoms with Gasteiger partial charge in [-0.25, -0.2) is 9.18 Å². The fourth-order valence-corrected chi connectivity index (χ4v) is 3.78. The van der Waals surface area contributed by atoms with Crippen molar-refractivity contribution < 1.29 is 27.8 Å². The van der Waals surface area contributed by atoms with Crippen molar-refractivity contribution in [3.8, 4) is 0 Å². The molecule has 7 heteroatoms. The van der Waals surface area contributed by atoms with E-state index in [0.29, 0.717) is 0 Å². The molecule has 24 heavy (non-hydrogen) atoms. The van der Waals surface area contributed by atoms with Gasteiger partial charge in [-0.2, -0.15) is 8.78 Å². The van der Waals surface area contributed by atoms with Gasteiger partial charge in [0.2, 0.25) is 0 Å². The number of fused-ring (bicyclic) bond motifs is 2. The van der Waals surface area contributed by atoms with E-state index >= 15 is 0 Å². The molecule has 1 N–H and O–H groups in total. The highest BCUT2D eigenvalue weighted by molar-refractivity contribution is 5.69. The lowest BCUT2D eigenvalue weighted by Crippen LogP contribution is -2.60. The summed E-state index contributed by atoms with van der Waals surface area (Å²) in [5.74, 6) is -1.47. The smallest absolute Gasteiger partial charge is 0.410 e. The van der Waals surface area contributed by atoms with Gasteiger partial charge in [-0.3, -0.25) is 0 Å². The summed E-state index contributed by atoms with van der Waals surface area (Å²) in [5.41, 5.74) is -1.83. The summed E-state index contributed by atoms with van der Waals surface area (Å²) >= 11 is 0. The Morgan fingerprint density at radius 2 is 1.75 bits per heavy atom. The summed E-state index contributed by atoms with van der Waals surface area (Å²) in [7, 11) is 0. The van der Waals surface area contributed by atoms with Crippen LogP contribution in [0.2, 0.25) is 0 Å². The van der Waals surface area contributed by atoms with Crippen LogP contribution in [-0.4, -0.2) is 39.4 Å². The molecule has 2 fully saturated rings. The summed E-state index contributed by atoms with van der Waals surface area (Å²) in [4.78, 5) is 14.1. The topological polar surface area (TPSA) is 49.8 Å². The third kappa shape index (κ3) is 4.65. The Balaban J connectivity index is 2.07. The number of piperidine rings is 2. The van der Waals surface area contributed by atoms with Crippen LogP contribution in [-0.2, 0) is 4.74 Å². The lowest BCUT2D eigenvalue weighted by molar-refractivity contribution is -0.0960. The SMILES string of the molecule is CC(C)(C)OC(=O)N1C2CCCC1CC(O)(CCC(F)=C(F)F)C2. The summed E-state index contributed by atoms with van der Waals surface area (Å²) in [5, 5.41) is 10.7. The third-order valence-corrected chi connectivity index (χ3v) is 4.71. The number of amides is 1. The molecule has 2 heterocycles. The van der Waals surface area contributed by atoms with E-state index in [9.17, 15) is 23.1 Å². The number of hydrogen-bond acceptors (Lipinski definition) is 3. The maximum Gasteiger partial charge on any atom is 0.410 e. The van der Waals surface area contributed by atoms with E-state index in [4.69, 9.17) is 4.74 Å². The lowest BCUT2D eigenvalue weighted by Gasteiger charge is -2.51. The maximum atomic E-state index is 13.1. The molecule has 2 unspecified atom stereocenters. The number of rotatable bonds is 3. The van der Waals surface area contributed by atoms with E-state index in [1.54, 1.807) is 25.7 Å². The Morgan fingerprint density at radius 3 is 2.21 bits per heavy atom. The largest absolute Gasteiger partial charge is 0.444 e. The monoisotopic (exact) mass is 349 g/mol. The second kappa shape index (κ2) is 6.94. The number of carbonyl (C=O) groups excluding carboxylic acids is 1. The number of halogens is 3. The Morgan fingerprint density at radius 1 is 1.21 bits per heavy atom. The van der Waals surface area contributed by atoms with Gasteiger partial charge in [0.25, 0.3) is 0 Å². The zero-order valence-electron chi connectivity index (χ0n) is 14.4. The van der Waals surface area contributed by atoms with Crippen LogP contribution in [0.5, 0.6) is 0 Å². The fourth-order valence-electron chi connectivity index (χ4n) is 3.78. The van der Waals surface area contributed by atoms with Crippen LogP contribution in [0.3, 0.4) is 0 Å². The van der Waals surface area contributed by atoms with Gasteiger partial charge in [0, 0.05) is 18.5 Å². The van der Waals surface area contributed by atoms with Gasteiger partial charge < -0.3 is 14.7 Å². The number of ether oxygens (including phenoxy) is 1. The van der Waals surface area contributed by atoms with Crippen LogP contribution in [0.1, 0.15) is 65.7 Å². The average Bonchev–Trinajstić information content (AvgIpc) is 2.41. The summed E-state index contributed by atoms with van der Waals surface area (Å²) in [6, 6.07) is -0.390. The number of hydrogen-bond donors (Lipinski definition) is 1. The lowest BCUT2D eigenvalue weighted by atomic mass is 9.74.